The van der Waals surface area contributed by atoms with Crippen LogP contribution in [0.3, 0.4) is 0 Å². The number of anilines is 1. The van der Waals surface area contributed by atoms with E-state index in [0.717, 1.165) is 12.1 Å². The molecule has 1 aliphatic rings. The fourth-order valence-corrected chi connectivity index (χ4v) is 3.97. The summed E-state index contributed by atoms with van der Waals surface area (Å²) < 4.78 is 45.9. The van der Waals surface area contributed by atoms with Gasteiger partial charge in [0, 0.05) is 25.1 Å². The Labute approximate surface area is 182 Å². The molecule has 0 radical (unpaired) electrons. The number of carbonyl (C=O) groups is 2. The van der Waals surface area contributed by atoms with E-state index in [1.165, 1.54) is 18.2 Å². The Kier molecular flexibility index (Phi) is 5.50. The van der Waals surface area contributed by atoms with Crippen LogP contribution in [0.15, 0.2) is 54.9 Å². The smallest absolute Gasteiger partial charge is 0.416 e. The molecule has 0 fully saturated rings. The standard InChI is InChI=1S/C23H20F3N3O3/c1-3-32-22(31)15-5-4-6-16-17(15)20(30)18(21-27-11-12-29(21)2)19(28-16)13-7-9-14(10-8-13)23(24,25)26/h4-12,18-19,28H,3H2,1-2H3/t18-,19+/m0/s1. The SMILES string of the molecule is CCOC(=O)c1cccc2c1C(=O)[C@@H](c1nccn1C)[C@@H](c1ccc(C(F)(F)F)cc1)N2. The molecule has 2 atom stereocenters. The van der Waals surface area contributed by atoms with Crippen LogP contribution in [0.2, 0.25) is 0 Å². The molecule has 6 nitrogen and oxygen atoms in total. The van der Waals surface area contributed by atoms with Crippen LogP contribution in [0.4, 0.5) is 18.9 Å². The highest BCUT2D eigenvalue weighted by atomic mass is 19.4. The Balaban J connectivity index is 1.85. The minimum Gasteiger partial charge on any atom is -0.462 e. The summed E-state index contributed by atoms with van der Waals surface area (Å²) in [6.45, 7) is 1.83. The summed E-state index contributed by atoms with van der Waals surface area (Å²) in [7, 11) is 1.73. The first kappa shape index (κ1) is 21.6. The number of nitrogens with one attached hydrogen (secondary N) is 1. The Bertz CT molecular complexity index is 1170. The highest BCUT2D eigenvalue weighted by Gasteiger charge is 2.42. The van der Waals surface area contributed by atoms with Crippen molar-refractivity contribution in [3.05, 3.63) is 82.9 Å². The minimum absolute atomic E-state index is 0.131. The highest BCUT2D eigenvalue weighted by molar-refractivity contribution is 6.14. The number of esters is 1. The molecule has 0 amide bonds. The summed E-state index contributed by atoms with van der Waals surface area (Å²) >= 11 is 0. The van der Waals surface area contributed by atoms with Gasteiger partial charge in [0.05, 0.1) is 29.3 Å². The summed E-state index contributed by atoms with van der Waals surface area (Å²) in [6.07, 6.45) is -1.24. The Morgan fingerprint density at radius 3 is 2.50 bits per heavy atom. The molecule has 0 saturated heterocycles. The van der Waals surface area contributed by atoms with E-state index in [2.05, 4.69) is 10.3 Å². The number of carbonyl (C=O) groups excluding carboxylic acids is 2. The number of halogens is 3. The average molecular weight is 443 g/mol. The Morgan fingerprint density at radius 1 is 1.19 bits per heavy atom. The summed E-state index contributed by atoms with van der Waals surface area (Å²) in [5.74, 6) is -1.42. The van der Waals surface area contributed by atoms with E-state index in [1.54, 1.807) is 43.1 Å². The lowest BCUT2D eigenvalue weighted by atomic mass is 9.80. The fourth-order valence-electron chi connectivity index (χ4n) is 3.97. The van der Waals surface area contributed by atoms with Crippen molar-refractivity contribution in [1.82, 2.24) is 9.55 Å². The van der Waals surface area contributed by atoms with Gasteiger partial charge in [-0.2, -0.15) is 13.2 Å². The van der Waals surface area contributed by atoms with Crippen molar-refractivity contribution in [3.8, 4) is 0 Å². The molecule has 1 aliphatic heterocycles. The zero-order valence-corrected chi connectivity index (χ0v) is 17.3. The molecule has 4 rings (SSSR count). The normalized spacial score (nSPS) is 18.1. The number of Topliss-reactive ketones (excluding diaryl/α,β-unsaturated/α-hetero) is 1. The van der Waals surface area contributed by atoms with Gasteiger partial charge in [0.15, 0.2) is 5.78 Å². The predicted molar refractivity (Wildman–Crippen MR) is 110 cm³/mol. The van der Waals surface area contributed by atoms with E-state index in [1.807, 2.05) is 0 Å². The molecular formula is C23H20F3N3O3. The quantitative estimate of drug-likeness (QED) is 0.590. The molecule has 1 N–H and O–H groups in total. The van der Waals surface area contributed by atoms with Crippen molar-refractivity contribution in [1.29, 1.82) is 0 Å². The van der Waals surface area contributed by atoms with Gasteiger partial charge in [-0.3, -0.25) is 4.79 Å². The lowest BCUT2D eigenvalue weighted by Gasteiger charge is -2.34. The first-order valence-electron chi connectivity index (χ1n) is 9.97. The van der Waals surface area contributed by atoms with Gasteiger partial charge in [-0.1, -0.05) is 18.2 Å². The van der Waals surface area contributed by atoms with Gasteiger partial charge in [-0.15, -0.1) is 0 Å². The average Bonchev–Trinajstić information content (AvgIpc) is 3.18. The van der Waals surface area contributed by atoms with Crippen molar-refractivity contribution in [2.75, 3.05) is 11.9 Å². The van der Waals surface area contributed by atoms with E-state index in [4.69, 9.17) is 4.74 Å². The van der Waals surface area contributed by atoms with Crippen LogP contribution in [0.5, 0.6) is 0 Å². The number of imidazole rings is 1. The lowest BCUT2D eigenvalue weighted by molar-refractivity contribution is -0.137. The van der Waals surface area contributed by atoms with Crippen molar-refractivity contribution >= 4 is 17.4 Å². The third kappa shape index (κ3) is 3.74. The van der Waals surface area contributed by atoms with Crippen molar-refractivity contribution in [2.24, 2.45) is 7.05 Å². The molecule has 9 heteroatoms. The van der Waals surface area contributed by atoms with Gasteiger partial charge in [-0.25, -0.2) is 9.78 Å². The largest absolute Gasteiger partial charge is 0.462 e. The van der Waals surface area contributed by atoms with E-state index >= 15 is 0 Å². The van der Waals surface area contributed by atoms with E-state index in [9.17, 15) is 22.8 Å². The zero-order valence-electron chi connectivity index (χ0n) is 17.3. The second-order valence-electron chi connectivity index (χ2n) is 7.43. The summed E-state index contributed by atoms with van der Waals surface area (Å²) in [4.78, 5) is 30.5. The number of benzene rings is 2. The summed E-state index contributed by atoms with van der Waals surface area (Å²) in [5, 5.41) is 3.24. The van der Waals surface area contributed by atoms with Crippen LogP contribution < -0.4 is 5.32 Å². The number of aryl methyl sites for hydroxylation is 1. The molecule has 2 heterocycles. The number of alkyl halides is 3. The predicted octanol–water partition coefficient (Wildman–Crippen LogP) is 4.75. The summed E-state index contributed by atoms with van der Waals surface area (Å²) in [5.41, 5.74) is 0.443. The molecule has 32 heavy (non-hydrogen) atoms. The summed E-state index contributed by atoms with van der Waals surface area (Å²) in [6, 6.07) is 8.79. The van der Waals surface area contributed by atoms with Crippen LogP contribution in [-0.4, -0.2) is 27.9 Å². The Hall–Kier alpha value is -3.62. The zero-order chi connectivity index (χ0) is 23.0. The molecule has 0 saturated carbocycles. The fraction of sp³-hybridized carbons (Fsp3) is 0.261. The van der Waals surface area contributed by atoms with Gasteiger partial charge < -0.3 is 14.6 Å². The molecule has 0 bridgehead atoms. The minimum atomic E-state index is -4.46. The van der Waals surface area contributed by atoms with Crippen LogP contribution in [-0.2, 0) is 18.0 Å². The number of fused-ring (bicyclic) bond motifs is 1. The topological polar surface area (TPSA) is 73.2 Å². The van der Waals surface area contributed by atoms with Gasteiger partial charge in [-0.05, 0) is 36.8 Å². The molecule has 166 valence electrons. The third-order valence-corrected chi connectivity index (χ3v) is 5.47. The maximum atomic E-state index is 13.7. The second kappa shape index (κ2) is 8.14. The van der Waals surface area contributed by atoms with Crippen LogP contribution in [0.1, 0.15) is 56.6 Å². The van der Waals surface area contributed by atoms with Crippen molar-refractivity contribution in [3.63, 3.8) is 0 Å². The van der Waals surface area contributed by atoms with Gasteiger partial charge in [0.25, 0.3) is 0 Å². The molecule has 3 aromatic rings. The lowest BCUT2D eigenvalue weighted by Crippen LogP contribution is -2.34. The Morgan fingerprint density at radius 2 is 1.91 bits per heavy atom. The molecule has 0 unspecified atom stereocenters. The van der Waals surface area contributed by atoms with E-state index < -0.39 is 29.7 Å². The van der Waals surface area contributed by atoms with Crippen molar-refractivity contribution in [2.45, 2.75) is 25.1 Å². The van der Waals surface area contributed by atoms with Gasteiger partial charge in [0.2, 0.25) is 0 Å². The van der Waals surface area contributed by atoms with Crippen molar-refractivity contribution < 1.29 is 27.5 Å². The highest BCUT2D eigenvalue weighted by Crippen LogP contribution is 2.43. The monoisotopic (exact) mass is 443 g/mol. The number of aromatic nitrogens is 2. The number of rotatable bonds is 4. The number of hydrogen-bond acceptors (Lipinski definition) is 5. The molecule has 0 spiro atoms. The van der Waals surface area contributed by atoms with Crippen LogP contribution in [0.25, 0.3) is 0 Å². The van der Waals surface area contributed by atoms with E-state index in [0.29, 0.717) is 17.1 Å². The third-order valence-electron chi connectivity index (χ3n) is 5.47. The van der Waals surface area contributed by atoms with Gasteiger partial charge >= 0.3 is 12.1 Å². The number of hydrogen-bond donors (Lipinski definition) is 1. The van der Waals surface area contributed by atoms with Crippen LogP contribution >= 0.6 is 0 Å². The second-order valence-corrected chi connectivity index (χ2v) is 7.43. The maximum Gasteiger partial charge on any atom is 0.416 e. The first-order chi connectivity index (χ1) is 15.2. The molecular weight excluding hydrogens is 423 g/mol. The van der Waals surface area contributed by atoms with Gasteiger partial charge in [0.1, 0.15) is 11.7 Å². The molecule has 1 aromatic heterocycles. The van der Waals surface area contributed by atoms with Crippen LogP contribution in [0, 0.1) is 0 Å². The number of ketones is 1. The molecule has 0 aliphatic carbocycles. The van der Waals surface area contributed by atoms with E-state index in [-0.39, 0.29) is 23.5 Å². The first-order valence-corrected chi connectivity index (χ1v) is 9.97. The molecule has 2 aromatic carbocycles. The number of nitrogens with zero attached hydrogens (tertiary/aromatic N) is 2. The maximum absolute atomic E-state index is 13.7. The number of ether oxygens (including phenoxy) is 1.